The molecule has 0 atom stereocenters. The Morgan fingerprint density at radius 1 is 0.833 bits per heavy atom. The van der Waals surface area contributed by atoms with Crippen molar-refractivity contribution in [1.82, 2.24) is 0 Å². The molecule has 8 heteroatoms. The molecule has 0 aliphatic carbocycles. The van der Waals surface area contributed by atoms with E-state index in [-0.39, 0.29) is 36.0 Å². The maximum absolute atomic E-state index is 10.9. The topological polar surface area (TPSA) is 92.7 Å². The molecule has 6 nitrogen and oxygen atoms in total. The summed E-state index contributed by atoms with van der Waals surface area (Å²) in [6.45, 7) is 7.85. The molecular formula is C16H33NaO6S. The summed E-state index contributed by atoms with van der Waals surface area (Å²) >= 11 is 0. The molecule has 140 valence electrons. The second-order valence-electron chi connectivity index (χ2n) is 5.22. The van der Waals surface area contributed by atoms with Gasteiger partial charge in [-0.15, -0.1) is 0 Å². The van der Waals surface area contributed by atoms with Crippen molar-refractivity contribution >= 4 is 16.4 Å². The van der Waals surface area contributed by atoms with Gasteiger partial charge in [0.1, 0.15) is 0 Å². The Kier molecular flexibility index (Phi) is 25.9. The molecule has 0 aliphatic heterocycles. The number of ether oxygens (including phenoxy) is 1. The van der Waals surface area contributed by atoms with Gasteiger partial charge in [0.15, 0.2) is 0 Å². The molecule has 0 aromatic heterocycles. The number of carbonyl (C=O) groups is 1. The van der Waals surface area contributed by atoms with Crippen molar-refractivity contribution in [2.45, 2.75) is 85.0 Å². The molecular weight excluding hydrogens is 343 g/mol. The molecule has 0 unspecified atom stereocenters. The van der Waals surface area contributed by atoms with Gasteiger partial charge in [-0.1, -0.05) is 58.3 Å². The normalized spacial score (nSPS) is 10.3. The predicted octanol–water partition coefficient (Wildman–Crippen LogP) is 0.958. The van der Waals surface area contributed by atoms with Crippen LogP contribution in [0.5, 0.6) is 0 Å². The monoisotopic (exact) mass is 376 g/mol. The molecule has 0 spiro atoms. The van der Waals surface area contributed by atoms with E-state index in [0.717, 1.165) is 32.5 Å². The standard InChI is InChI=1S/C12H24O5S.C4H10O.Na/c1-2-3-4-5-6-7-8-9-10-11-12(13)17-18(14,15)16;1-3-5-4-2;/h2-11H2,1H3,(H,14,15,16);3-4H2,1-2H3;/q;;+1/p-1. The molecule has 0 aliphatic rings. The van der Waals surface area contributed by atoms with Gasteiger partial charge in [0.25, 0.3) is 10.4 Å². The van der Waals surface area contributed by atoms with Gasteiger partial charge in [-0.05, 0) is 20.3 Å². The van der Waals surface area contributed by atoms with Crippen LogP contribution in [0.25, 0.3) is 0 Å². The van der Waals surface area contributed by atoms with E-state index in [1.165, 1.54) is 32.1 Å². The Hall–Kier alpha value is 0.340. The first kappa shape index (κ1) is 29.1. The molecule has 0 rings (SSSR count). The second-order valence-corrected chi connectivity index (χ2v) is 6.21. The maximum Gasteiger partial charge on any atom is 1.00 e. The Morgan fingerprint density at radius 3 is 1.58 bits per heavy atom. The van der Waals surface area contributed by atoms with E-state index in [9.17, 15) is 17.8 Å². The van der Waals surface area contributed by atoms with E-state index in [4.69, 9.17) is 4.74 Å². The predicted molar refractivity (Wildman–Crippen MR) is 89.8 cm³/mol. The minimum absolute atomic E-state index is 0. The molecule has 0 saturated heterocycles. The van der Waals surface area contributed by atoms with Crippen LogP contribution in [0.1, 0.15) is 85.0 Å². The van der Waals surface area contributed by atoms with Gasteiger partial charge < -0.3 is 13.5 Å². The van der Waals surface area contributed by atoms with Gasteiger partial charge in [0, 0.05) is 19.6 Å². The molecule has 0 N–H and O–H groups in total. The third-order valence-corrected chi connectivity index (χ3v) is 3.48. The van der Waals surface area contributed by atoms with Crippen LogP contribution in [0, 0.1) is 0 Å². The number of hydrogen-bond donors (Lipinski definition) is 0. The molecule has 0 saturated carbocycles. The SMILES string of the molecule is CCCCCCCCCCCC(=O)OS(=O)(=O)[O-].CCOCC.[Na+]. The first-order chi connectivity index (χ1) is 10.9. The average Bonchev–Trinajstić information content (AvgIpc) is 2.45. The minimum atomic E-state index is -4.88. The van der Waals surface area contributed by atoms with Gasteiger partial charge in [0.05, 0.1) is 0 Å². The summed E-state index contributed by atoms with van der Waals surface area (Å²) in [5.41, 5.74) is 0. The summed E-state index contributed by atoms with van der Waals surface area (Å²) < 4.78 is 38.8. The van der Waals surface area contributed by atoms with Gasteiger partial charge in [-0.2, -0.15) is 0 Å². The average molecular weight is 376 g/mol. The third-order valence-electron chi connectivity index (χ3n) is 3.09. The number of hydrogen-bond acceptors (Lipinski definition) is 6. The Balaban J connectivity index is -0.000000639. The van der Waals surface area contributed by atoms with Crippen molar-refractivity contribution in [3.8, 4) is 0 Å². The quantitative estimate of drug-likeness (QED) is 0.206. The van der Waals surface area contributed by atoms with Crippen LogP contribution in [-0.4, -0.2) is 32.2 Å². The van der Waals surface area contributed by atoms with Crippen LogP contribution in [0.4, 0.5) is 0 Å². The number of carbonyl (C=O) groups excluding carboxylic acids is 1. The first-order valence-corrected chi connectivity index (χ1v) is 9.96. The number of rotatable bonds is 13. The fourth-order valence-corrected chi connectivity index (χ4v) is 2.25. The summed E-state index contributed by atoms with van der Waals surface area (Å²) in [7, 11) is -4.88. The minimum Gasteiger partial charge on any atom is -0.716 e. The van der Waals surface area contributed by atoms with Crippen LogP contribution < -0.4 is 29.6 Å². The van der Waals surface area contributed by atoms with E-state index < -0.39 is 16.4 Å². The molecule has 0 bridgehead atoms. The molecule has 0 radical (unpaired) electrons. The van der Waals surface area contributed by atoms with Crippen LogP contribution in [0.3, 0.4) is 0 Å². The van der Waals surface area contributed by atoms with Gasteiger partial charge in [-0.25, -0.2) is 8.42 Å². The maximum atomic E-state index is 10.9. The zero-order chi connectivity index (χ0) is 18.0. The van der Waals surface area contributed by atoms with E-state index in [1.807, 2.05) is 13.8 Å². The van der Waals surface area contributed by atoms with E-state index in [2.05, 4.69) is 11.1 Å². The van der Waals surface area contributed by atoms with Crippen molar-refractivity contribution in [2.75, 3.05) is 13.2 Å². The Labute approximate surface area is 170 Å². The summed E-state index contributed by atoms with van der Waals surface area (Å²) in [6.07, 6.45) is 9.87. The molecule has 0 amide bonds. The van der Waals surface area contributed by atoms with Crippen LogP contribution in [-0.2, 0) is 24.1 Å². The summed E-state index contributed by atoms with van der Waals surface area (Å²) in [6, 6.07) is 0. The largest absolute Gasteiger partial charge is 1.00 e. The Morgan fingerprint density at radius 2 is 1.25 bits per heavy atom. The fraction of sp³-hybridized carbons (Fsp3) is 0.938. The molecule has 24 heavy (non-hydrogen) atoms. The van der Waals surface area contributed by atoms with Gasteiger partial charge >= 0.3 is 35.5 Å². The zero-order valence-electron chi connectivity index (χ0n) is 15.8. The second kappa shape index (κ2) is 21.4. The van der Waals surface area contributed by atoms with E-state index >= 15 is 0 Å². The van der Waals surface area contributed by atoms with Crippen molar-refractivity contribution in [3.05, 3.63) is 0 Å². The van der Waals surface area contributed by atoms with Crippen LogP contribution >= 0.6 is 0 Å². The molecule has 0 fully saturated rings. The molecule has 0 aromatic carbocycles. The van der Waals surface area contributed by atoms with Crippen molar-refractivity contribution in [1.29, 1.82) is 0 Å². The third kappa shape index (κ3) is 30.2. The smallest absolute Gasteiger partial charge is 0.716 e. The zero-order valence-corrected chi connectivity index (χ0v) is 18.7. The van der Waals surface area contributed by atoms with Gasteiger partial charge in [0.2, 0.25) is 0 Å². The van der Waals surface area contributed by atoms with Crippen molar-refractivity contribution in [3.63, 3.8) is 0 Å². The molecule has 0 heterocycles. The fourth-order valence-electron chi connectivity index (χ4n) is 1.94. The van der Waals surface area contributed by atoms with Crippen molar-refractivity contribution in [2.24, 2.45) is 0 Å². The van der Waals surface area contributed by atoms with E-state index in [1.54, 1.807) is 0 Å². The molecule has 0 aromatic rings. The Bertz CT molecular complexity index is 358. The van der Waals surface area contributed by atoms with E-state index in [0.29, 0.717) is 6.42 Å². The van der Waals surface area contributed by atoms with Crippen LogP contribution in [0.2, 0.25) is 0 Å². The number of unbranched alkanes of at least 4 members (excludes halogenated alkanes) is 8. The summed E-state index contributed by atoms with van der Waals surface area (Å²) in [5, 5.41) is 0. The van der Waals surface area contributed by atoms with Crippen molar-refractivity contribution < 1.29 is 56.2 Å². The first-order valence-electron chi connectivity index (χ1n) is 8.63. The summed E-state index contributed by atoms with van der Waals surface area (Å²) in [4.78, 5) is 10.9. The van der Waals surface area contributed by atoms with Gasteiger partial charge in [-0.3, -0.25) is 4.79 Å². The van der Waals surface area contributed by atoms with Crippen LogP contribution in [0.15, 0.2) is 0 Å². The summed E-state index contributed by atoms with van der Waals surface area (Å²) in [5.74, 6) is -0.951.